The van der Waals surface area contributed by atoms with Crippen LogP contribution in [0.1, 0.15) is 41.5 Å². The van der Waals surface area contributed by atoms with E-state index in [1.807, 2.05) is 7.05 Å². The second kappa shape index (κ2) is 3.93. The zero-order valence-electron chi connectivity index (χ0n) is 10.8. The van der Waals surface area contributed by atoms with Crippen molar-refractivity contribution in [2.45, 2.75) is 53.1 Å². The minimum Gasteiger partial charge on any atom is -0.372 e. The van der Waals surface area contributed by atoms with Crippen LogP contribution in [0.5, 0.6) is 0 Å². The Hall–Kier alpha value is -0.500. The van der Waals surface area contributed by atoms with E-state index in [2.05, 4.69) is 53.0 Å². The van der Waals surface area contributed by atoms with Crippen molar-refractivity contribution in [2.75, 3.05) is 7.05 Å². The van der Waals surface area contributed by atoms with Gasteiger partial charge in [0.25, 0.3) is 0 Å². The fraction of sp³-hybridized carbons (Fsp3) is 0.833. The summed E-state index contributed by atoms with van der Waals surface area (Å²) in [5, 5.41) is 0. The van der Waals surface area contributed by atoms with E-state index in [4.69, 9.17) is 5.73 Å². The average molecular weight is 198 g/mol. The van der Waals surface area contributed by atoms with Crippen molar-refractivity contribution in [3.63, 3.8) is 0 Å². The molecule has 2 heteroatoms. The molecule has 0 heterocycles. The van der Waals surface area contributed by atoms with Crippen molar-refractivity contribution >= 4 is 0 Å². The van der Waals surface area contributed by atoms with Crippen LogP contribution in [0, 0.1) is 5.41 Å². The van der Waals surface area contributed by atoms with Gasteiger partial charge in [0.05, 0.1) is 0 Å². The highest BCUT2D eigenvalue weighted by Gasteiger charge is 2.28. The van der Waals surface area contributed by atoms with Gasteiger partial charge in [-0.25, -0.2) is 0 Å². The molecule has 0 aromatic heterocycles. The van der Waals surface area contributed by atoms with Gasteiger partial charge in [-0.1, -0.05) is 27.4 Å². The van der Waals surface area contributed by atoms with Crippen molar-refractivity contribution < 1.29 is 0 Å². The minimum absolute atomic E-state index is 0.00623. The van der Waals surface area contributed by atoms with Crippen LogP contribution in [0.25, 0.3) is 0 Å². The lowest BCUT2D eigenvalue weighted by Crippen LogP contribution is -2.47. The molecule has 0 rings (SSSR count). The van der Waals surface area contributed by atoms with Crippen LogP contribution in [0.2, 0.25) is 0 Å². The summed E-state index contributed by atoms with van der Waals surface area (Å²) in [7, 11) is 2.05. The summed E-state index contributed by atoms with van der Waals surface area (Å²) in [6.07, 6.45) is 0. The first-order chi connectivity index (χ1) is 5.98. The summed E-state index contributed by atoms with van der Waals surface area (Å²) < 4.78 is 0. The molecule has 0 aromatic rings. The van der Waals surface area contributed by atoms with E-state index in [-0.39, 0.29) is 17.0 Å². The third kappa shape index (κ3) is 3.33. The molecule has 14 heavy (non-hydrogen) atoms. The van der Waals surface area contributed by atoms with E-state index in [1.54, 1.807) is 0 Å². The number of likely N-dealkylation sites (N-methyl/N-ethyl adjacent to an activating group) is 1. The molecule has 0 aliphatic rings. The Kier molecular flexibility index (Phi) is 3.79. The maximum Gasteiger partial charge on any atom is 0.0489 e. The molecule has 2 nitrogen and oxygen atoms in total. The summed E-state index contributed by atoms with van der Waals surface area (Å²) in [4.78, 5) is 2.16. The van der Waals surface area contributed by atoms with Gasteiger partial charge in [0.15, 0.2) is 0 Å². The van der Waals surface area contributed by atoms with Crippen molar-refractivity contribution in [1.29, 1.82) is 0 Å². The lowest BCUT2D eigenvalue weighted by molar-refractivity contribution is 0.190. The Balaban J connectivity index is 4.65. The van der Waals surface area contributed by atoms with E-state index in [9.17, 15) is 0 Å². The van der Waals surface area contributed by atoms with Gasteiger partial charge in [0, 0.05) is 24.3 Å². The number of hydrogen-bond acceptors (Lipinski definition) is 2. The summed E-state index contributed by atoms with van der Waals surface area (Å²) >= 11 is 0. The van der Waals surface area contributed by atoms with Crippen LogP contribution in [-0.2, 0) is 0 Å². The SMILES string of the molecule is C=C(C(N)C(C)(C)C)N(C)C(C)(C)C. The summed E-state index contributed by atoms with van der Waals surface area (Å²) in [5.41, 5.74) is 7.30. The van der Waals surface area contributed by atoms with Crippen molar-refractivity contribution in [1.82, 2.24) is 4.90 Å². The molecule has 0 aliphatic heterocycles. The van der Waals surface area contributed by atoms with Crippen LogP contribution in [0.15, 0.2) is 12.3 Å². The van der Waals surface area contributed by atoms with Crippen LogP contribution >= 0.6 is 0 Å². The minimum atomic E-state index is 0.00623. The third-order valence-corrected chi connectivity index (χ3v) is 2.73. The van der Waals surface area contributed by atoms with E-state index in [1.165, 1.54) is 0 Å². The number of nitrogens with two attached hydrogens (primary N) is 1. The van der Waals surface area contributed by atoms with Gasteiger partial charge >= 0.3 is 0 Å². The molecule has 0 aliphatic carbocycles. The molecule has 0 bridgehead atoms. The molecule has 1 atom stereocenters. The molecule has 0 spiro atoms. The molecule has 0 radical (unpaired) electrons. The van der Waals surface area contributed by atoms with Crippen molar-refractivity contribution in [2.24, 2.45) is 11.1 Å². The van der Waals surface area contributed by atoms with E-state index in [0.717, 1.165) is 5.70 Å². The molecule has 0 fully saturated rings. The third-order valence-electron chi connectivity index (χ3n) is 2.73. The second-order valence-corrected chi connectivity index (χ2v) is 6.06. The van der Waals surface area contributed by atoms with Gasteiger partial charge in [-0.05, 0) is 26.2 Å². The van der Waals surface area contributed by atoms with E-state index < -0.39 is 0 Å². The monoisotopic (exact) mass is 198 g/mol. The highest BCUT2D eigenvalue weighted by atomic mass is 15.2. The Morgan fingerprint density at radius 2 is 1.50 bits per heavy atom. The Morgan fingerprint density at radius 3 is 1.71 bits per heavy atom. The van der Waals surface area contributed by atoms with Crippen molar-refractivity contribution in [3.8, 4) is 0 Å². The lowest BCUT2D eigenvalue weighted by Gasteiger charge is -2.41. The van der Waals surface area contributed by atoms with Crippen LogP contribution < -0.4 is 5.73 Å². The first-order valence-corrected chi connectivity index (χ1v) is 5.16. The van der Waals surface area contributed by atoms with Gasteiger partial charge in [0.2, 0.25) is 0 Å². The molecule has 0 amide bonds. The van der Waals surface area contributed by atoms with Crippen LogP contribution in [-0.4, -0.2) is 23.5 Å². The Labute approximate surface area is 89.2 Å². The normalized spacial score (nSPS) is 15.1. The first kappa shape index (κ1) is 13.5. The molecule has 1 unspecified atom stereocenters. The number of rotatable bonds is 2. The number of hydrogen-bond donors (Lipinski definition) is 1. The Bertz CT molecular complexity index is 183. The zero-order valence-corrected chi connectivity index (χ0v) is 10.8. The molecular formula is C12H26N2. The highest BCUT2D eigenvalue weighted by Crippen LogP contribution is 2.27. The predicted octanol–water partition coefficient (Wildman–Crippen LogP) is 2.60. The fourth-order valence-corrected chi connectivity index (χ4v) is 1.14. The predicted molar refractivity (Wildman–Crippen MR) is 64.1 cm³/mol. The van der Waals surface area contributed by atoms with Crippen molar-refractivity contribution in [3.05, 3.63) is 12.3 Å². The first-order valence-electron chi connectivity index (χ1n) is 5.16. The fourth-order valence-electron chi connectivity index (χ4n) is 1.14. The van der Waals surface area contributed by atoms with Crippen LogP contribution in [0.4, 0.5) is 0 Å². The Morgan fingerprint density at radius 1 is 1.14 bits per heavy atom. The summed E-state index contributed by atoms with van der Waals surface area (Å²) in [5.74, 6) is 0. The standard InChI is InChI=1S/C12H26N2/c1-9(10(13)11(2,3)4)14(8)12(5,6)7/h10H,1,13H2,2-8H3. The maximum atomic E-state index is 6.15. The second-order valence-electron chi connectivity index (χ2n) is 6.06. The van der Waals surface area contributed by atoms with E-state index >= 15 is 0 Å². The molecule has 0 saturated carbocycles. The summed E-state index contributed by atoms with van der Waals surface area (Å²) in [6.45, 7) is 17.0. The number of nitrogens with zero attached hydrogens (tertiary/aromatic N) is 1. The maximum absolute atomic E-state index is 6.15. The smallest absolute Gasteiger partial charge is 0.0489 e. The van der Waals surface area contributed by atoms with E-state index in [0.29, 0.717) is 0 Å². The summed E-state index contributed by atoms with van der Waals surface area (Å²) in [6, 6.07) is 0.00623. The average Bonchev–Trinajstić information content (AvgIpc) is 1.97. The zero-order chi connectivity index (χ0) is 11.7. The van der Waals surface area contributed by atoms with Gasteiger partial charge in [0.1, 0.15) is 0 Å². The van der Waals surface area contributed by atoms with Gasteiger partial charge < -0.3 is 10.6 Å². The molecule has 0 saturated heterocycles. The quantitative estimate of drug-likeness (QED) is 0.739. The topological polar surface area (TPSA) is 29.3 Å². The van der Waals surface area contributed by atoms with Crippen LogP contribution in [0.3, 0.4) is 0 Å². The molecule has 0 aromatic carbocycles. The van der Waals surface area contributed by atoms with Gasteiger partial charge in [-0.15, -0.1) is 0 Å². The molecule has 84 valence electrons. The van der Waals surface area contributed by atoms with Gasteiger partial charge in [-0.3, -0.25) is 0 Å². The highest BCUT2D eigenvalue weighted by molar-refractivity contribution is 5.09. The van der Waals surface area contributed by atoms with Gasteiger partial charge in [-0.2, -0.15) is 0 Å². The molecule has 2 N–H and O–H groups in total. The lowest BCUT2D eigenvalue weighted by atomic mass is 9.84. The largest absolute Gasteiger partial charge is 0.372 e. The molecular weight excluding hydrogens is 172 g/mol.